The minimum atomic E-state index is -1.01. The van der Waals surface area contributed by atoms with Crippen molar-refractivity contribution in [1.29, 1.82) is 0 Å². The summed E-state index contributed by atoms with van der Waals surface area (Å²) >= 11 is 0. The van der Waals surface area contributed by atoms with Gasteiger partial charge in [-0.05, 0) is 29.4 Å². The van der Waals surface area contributed by atoms with Crippen molar-refractivity contribution in [3.63, 3.8) is 0 Å². The first-order chi connectivity index (χ1) is 9.40. The molecular weight excluding hydrogens is 287 g/mol. The van der Waals surface area contributed by atoms with Crippen molar-refractivity contribution in [2.75, 3.05) is 0 Å². The van der Waals surface area contributed by atoms with Gasteiger partial charge in [-0.3, -0.25) is 4.79 Å². The van der Waals surface area contributed by atoms with Crippen LogP contribution in [0.25, 0.3) is 0 Å². The van der Waals surface area contributed by atoms with Crippen LogP contribution in [0.1, 0.15) is 25.8 Å². The highest BCUT2D eigenvalue weighted by Crippen LogP contribution is 2.11. The number of hydrogen-bond acceptors (Lipinski definition) is 3. The molecule has 0 aliphatic carbocycles. The number of carbonyl (C=O) groups is 2. The molecule has 4 nitrogen and oxygen atoms in total. The molecule has 1 rings (SSSR count). The lowest BCUT2D eigenvalue weighted by molar-refractivity contribution is -0.137. The van der Waals surface area contributed by atoms with Crippen molar-refractivity contribution in [2.24, 2.45) is 5.73 Å². The number of aliphatic carboxylic acids is 1. The van der Waals surface area contributed by atoms with Gasteiger partial charge < -0.3 is 15.6 Å². The highest BCUT2D eigenvalue weighted by Gasteiger charge is 2.13. The highest BCUT2D eigenvalue weighted by atomic mass is 31.0. The molecule has 0 fully saturated rings. The van der Waals surface area contributed by atoms with Crippen molar-refractivity contribution in [1.82, 2.24) is 0 Å². The smallest absolute Gasteiger partial charge is 0.304 e. The Balaban J connectivity index is 0. The summed E-state index contributed by atoms with van der Waals surface area (Å²) in [6.07, 6.45) is -0.00850. The summed E-state index contributed by atoms with van der Waals surface area (Å²) in [5.41, 5.74) is 6.06. The van der Waals surface area contributed by atoms with E-state index in [2.05, 4.69) is 9.24 Å². The Morgan fingerprint density at radius 1 is 1.35 bits per heavy atom. The Morgan fingerprint density at radius 3 is 2.25 bits per heavy atom. The Labute approximate surface area is 119 Å². The van der Waals surface area contributed by atoms with Gasteiger partial charge in [0.2, 0.25) is 0 Å². The lowest BCUT2D eigenvalue weighted by atomic mass is 10.0. The normalized spacial score (nSPS) is 10.5. The molecule has 2 atom stereocenters. The van der Waals surface area contributed by atoms with Gasteiger partial charge in [-0.1, -0.05) is 13.8 Å². The molecule has 1 aromatic rings. The molecule has 0 radical (unpaired) electrons. The van der Waals surface area contributed by atoms with Gasteiger partial charge in [0, 0.05) is 6.04 Å². The number of nitrogens with two attached hydrogens (primary N) is 1. The third-order valence-corrected chi connectivity index (χ3v) is 2.64. The number of halogens is 2. The summed E-state index contributed by atoms with van der Waals surface area (Å²) in [4.78, 5) is 18.4. The van der Waals surface area contributed by atoms with E-state index in [1.165, 1.54) is 0 Å². The zero-order valence-electron chi connectivity index (χ0n) is 11.5. The van der Waals surface area contributed by atoms with E-state index in [-0.39, 0.29) is 12.8 Å². The minimum absolute atomic E-state index is 0.197. The van der Waals surface area contributed by atoms with E-state index in [4.69, 9.17) is 15.6 Å². The minimum Gasteiger partial charge on any atom is -0.481 e. The van der Waals surface area contributed by atoms with E-state index in [1.807, 2.05) is 20.6 Å². The predicted octanol–water partition coefficient (Wildman–Crippen LogP) is 1.65. The first kappa shape index (κ1) is 20.9. The van der Waals surface area contributed by atoms with E-state index in [0.29, 0.717) is 10.9 Å². The van der Waals surface area contributed by atoms with Crippen LogP contribution in [0.15, 0.2) is 12.1 Å². The second-order valence-electron chi connectivity index (χ2n) is 3.53. The zero-order valence-corrected chi connectivity index (χ0v) is 12.7. The molecular formula is C13H20F2NO3P. The van der Waals surface area contributed by atoms with E-state index in [1.54, 1.807) is 0 Å². The summed E-state index contributed by atoms with van der Waals surface area (Å²) in [6.45, 7) is 6.00. The quantitative estimate of drug-likeness (QED) is 0.829. The molecule has 0 bridgehead atoms. The van der Waals surface area contributed by atoms with Crippen LogP contribution in [-0.4, -0.2) is 23.9 Å². The maximum absolute atomic E-state index is 12.9. The second-order valence-corrected chi connectivity index (χ2v) is 4.15. The van der Waals surface area contributed by atoms with Crippen molar-refractivity contribution in [2.45, 2.75) is 32.7 Å². The average Bonchev–Trinajstić information content (AvgIpc) is 2.40. The molecule has 0 aliphatic heterocycles. The third kappa shape index (κ3) is 7.92. The summed E-state index contributed by atoms with van der Waals surface area (Å²) in [5.74, 6) is -2.90. The SMILES string of the molecule is C=O.CC.NC(CC(=O)O)Cc1cc(F)c(F)cc1P. The molecule has 0 aromatic heterocycles. The van der Waals surface area contributed by atoms with Gasteiger partial charge in [0.15, 0.2) is 11.6 Å². The monoisotopic (exact) mass is 307 g/mol. The van der Waals surface area contributed by atoms with Gasteiger partial charge in [-0.2, -0.15) is 0 Å². The van der Waals surface area contributed by atoms with Crippen LogP contribution in [-0.2, 0) is 16.0 Å². The predicted molar refractivity (Wildman–Crippen MR) is 78.1 cm³/mol. The molecule has 0 saturated heterocycles. The number of carboxylic acid groups (broad SMARTS) is 1. The van der Waals surface area contributed by atoms with E-state index in [0.717, 1.165) is 12.1 Å². The Hall–Kier alpha value is -1.39. The Bertz CT molecular complexity index is 430. The molecule has 0 heterocycles. The van der Waals surface area contributed by atoms with Gasteiger partial charge in [0.05, 0.1) is 6.42 Å². The van der Waals surface area contributed by atoms with Crippen molar-refractivity contribution < 1.29 is 23.5 Å². The van der Waals surface area contributed by atoms with Crippen LogP contribution in [0.2, 0.25) is 0 Å². The third-order valence-electron chi connectivity index (χ3n) is 2.10. The van der Waals surface area contributed by atoms with Gasteiger partial charge in [-0.15, -0.1) is 9.24 Å². The van der Waals surface area contributed by atoms with Crippen LogP contribution in [0.3, 0.4) is 0 Å². The number of rotatable bonds is 4. The van der Waals surface area contributed by atoms with Crippen LogP contribution in [0.5, 0.6) is 0 Å². The van der Waals surface area contributed by atoms with Crippen molar-refractivity contribution >= 4 is 27.3 Å². The first-order valence-electron chi connectivity index (χ1n) is 5.89. The summed E-state index contributed by atoms with van der Waals surface area (Å²) in [6, 6.07) is 1.48. The molecule has 1 aromatic carbocycles. The average molecular weight is 307 g/mol. The van der Waals surface area contributed by atoms with Crippen molar-refractivity contribution in [3.05, 3.63) is 29.3 Å². The Kier molecular flexibility index (Phi) is 12.0. The van der Waals surface area contributed by atoms with Crippen LogP contribution >= 0.6 is 9.24 Å². The molecule has 2 unspecified atom stereocenters. The van der Waals surface area contributed by atoms with Crippen LogP contribution in [0.4, 0.5) is 8.78 Å². The second kappa shape index (κ2) is 11.4. The molecule has 0 spiro atoms. The fourth-order valence-corrected chi connectivity index (χ4v) is 1.71. The fraction of sp³-hybridized carbons (Fsp3) is 0.385. The fourth-order valence-electron chi connectivity index (χ4n) is 1.36. The standard InChI is InChI=1S/C10H12F2NO2P.C2H6.CH2O/c11-7-2-5(9(16)4-8(7)12)1-6(13)3-10(14)15;2*1-2/h2,4,6H,1,3,13,16H2,(H,14,15);1-2H3;1H2. The van der Waals surface area contributed by atoms with Crippen molar-refractivity contribution in [3.8, 4) is 0 Å². The summed E-state index contributed by atoms with van der Waals surface area (Å²) in [5, 5.41) is 9.00. The largest absolute Gasteiger partial charge is 0.481 e. The van der Waals surface area contributed by atoms with Gasteiger partial charge in [0.25, 0.3) is 0 Å². The number of carboxylic acids is 1. The number of hydrogen-bond donors (Lipinski definition) is 2. The van der Waals surface area contributed by atoms with E-state index >= 15 is 0 Å². The van der Waals surface area contributed by atoms with Gasteiger partial charge >= 0.3 is 5.97 Å². The summed E-state index contributed by atoms with van der Waals surface area (Å²) < 4.78 is 25.7. The van der Waals surface area contributed by atoms with Gasteiger partial charge in [0.1, 0.15) is 6.79 Å². The lowest BCUT2D eigenvalue weighted by Gasteiger charge is -2.11. The molecule has 3 N–H and O–H groups in total. The molecule has 0 saturated carbocycles. The van der Waals surface area contributed by atoms with Crippen LogP contribution < -0.4 is 11.0 Å². The lowest BCUT2D eigenvalue weighted by Crippen LogP contribution is -2.27. The topological polar surface area (TPSA) is 80.4 Å². The number of benzene rings is 1. The zero-order chi connectivity index (χ0) is 16.3. The maximum Gasteiger partial charge on any atom is 0.304 e. The molecule has 0 aliphatic rings. The molecule has 7 heteroatoms. The summed E-state index contributed by atoms with van der Waals surface area (Å²) in [7, 11) is 2.27. The maximum atomic E-state index is 12.9. The molecule has 114 valence electrons. The van der Waals surface area contributed by atoms with Gasteiger partial charge in [-0.25, -0.2) is 8.78 Å². The van der Waals surface area contributed by atoms with E-state index in [9.17, 15) is 13.6 Å². The molecule has 20 heavy (non-hydrogen) atoms. The number of carbonyl (C=O) groups excluding carboxylic acids is 1. The molecule has 0 amide bonds. The highest BCUT2D eigenvalue weighted by molar-refractivity contribution is 7.27. The first-order valence-corrected chi connectivity index (χ1v) is 6.47. The van der Waals surface area contributed by atoms with Crippen LogP contribution in [0, 0.1) is 11.6 Å². The Morgan fingerprint density at radius 2 is 1.80 bits per heavy atom. The van der Waals surface area contributed by atoms with E-state index < -0.39 is 23.6 Å².